The van der Waals surface area contributed by atoms with Crippen LogP contribution in [0, 0.1) is 0 Å². The first-order valence-corrected chi connectivity index (χ1v) is 5.83. The van der Waals surface area contributed by atoms with E-state index in [1.807, 2.05) is 0 Å². The lowest BCUT2D eigenvalue weighted by molar-refractivity contribution is 0.0764. The highest BCUT2D eigenvalue weighted by Gasteiger charge is 2.28. The molecule has 0 N–H and O–H groups in total. The second kappa shape index (κ2) is 4.34. The number of carbonyl (C=O) groups excluding carboxylic acids is 1. The SMILES string of the molecule is O=C1c2cccnc2CN1Cc1ccc(Cl)nn1. The minimum absolute atomic E-state index is 0.0187. The number of rotatable bonds is 2. The van der Waals surface area contributed by atoms with Crippen LogP contribution in [-0.4, -0.2) is 26.0 Å². The summed E-state index contributed by atoms with van der Waals surface area (Å²) in [6.45, 7) is 0.929. The fraction of sp³-hybridized carbons (Fsp3) is 0.167. The van der Waals surface area contributed by atoms with E-state index in [4.69, 9.17) is 11.6 Å². The topological polar surface area (TPSA) is 59.0 Å². The molecule has 2 aromatic rings. The van der Waals surface area contributed by atoms with Gasteiger partial charge in [-0.3, -0.25) is 9.78 Å². The molecule has 0 saturated carbocycles. The highest BCUT2D eigenvalue weighted by molar-refractivity contribution is 6.29. The first-order chi connectivity index (χ1) is 8.74. The molecule has 18 heavy (non-hydrogen) atoms. The summed E-state index contributed by atoms with van der Waals surface area (Å²) in [6.07, 6.45) is 1.69. The second-order valence-corrected chi connectivity index (χ2v) is 4.39. The van der Waals surface area contributed by atoms with Gasteiger partial charge in [-0.1, -0.05) is 11.6 Å². The summed E-state index contributed by atoms with van der Waals surface area (Å²) in [5.41, 5.74) is 2.18. The molecule has 5 nitrogen and oxygen atoms in total. The first kappa shape index (κ1) is 11.1. The average molecular weight is 261 g/mol. The van der Waals surface area contributed by atoms with Crippen molar-refractivity contribution in [3.63, 3.8) is 0 Å². The second-order valence-electron chi connectivity index (χ2n) is 4.01. The highest BCUT2D eigenvalue weighted by Crippen LogP contribution is 2.21. The summed E-state index contributed by atoms with van der Waals surface area (Å²) in [5, 5.41) is 8.04. The highest BCUT2D eigenvalue weighted by atomic mass is 35.5. The quantitative estimate of drug-likeness (QED) is 0.824. The van der Waals surface area contributed by atoms with Crippen molar-refractivity contribution in [2.75, 3.05) is 0 Å². The Morgan fingerprint density at radius 3 is 2.89 bits per heavy atom. The number of pyridine rings is 1. The van der Waals surface area contributed by atoms with Crippen LogP contribution in [-0.2, 0) is 13.1 Å². The van der Waals surface area contributed by atoms with E-state index >= 15 is 0 Å². The van der Waals surface area contributed by atoms with Crippen molar-refractivity contribution >= 4 is 17.5 Å². The average Bonchev–Trinajstić information content (AvgIpc) is 2.70. The van der Waals surface area contributed by atoms with Gasteiger partial charge in [-0.25, -0.2) is 0 Å². The van der Waals surface area contributed by atoms with E-state index < -0.39 is 0 Å². The molecule has 0 spiro atoms. The smallest absolute Gasteiger partial charge is 0.256 e. The lowest BCUT2D eigenvalue weighted by Gasteiger charge is -2.13. The fourth-order valence-electron chi connectivity index (χ4n) is 1.93. The predicted molar refractivity (Wildman–Crippen MR) is 64.9 cm³/mol. The van der Waals surface area contributed by atoms with Gasteiger partial charge in [0.25, 0.3) is 5.91 Å². The molecule has 0 bridgehead atoms. The molecule has 0 saturated heterocycles. The standard InChI is InChI=1S/C12H9ClN4O/c13-11-4-3-8(15-16-11)6-17-7-10-9(12(17)18)2-1-5-14-10/h1-5H,6-7H2. The van der Waals surface area contributed by atoms with E-state index in [1.54, 1.807) is 35.4 Å². The Labute approximate surface area is 108 Å². The van der Waals surface area contributed by atoms with Crippen molar-refractivity contribution in [2.45, 2.75) is 13.1 Å². The maximum Gasteiger partial charge on any atom is 0.256 e. The van der Waals surface area contributed by atoms with Gasteiger partial charge in [0.05, 0.1) is 30.0 Å². The molecule has 0 atom stereocenters. The maximum atomic E-state index is 12.1. The van der Waals surface area contributed by atoms with Crippen molar-refractivity contribution < 1.29 is 4.79 Å². The van der Waals surface area contributed by atoms with Crippen molar-refractivity contribution in [3.05, 3.63) is 52.6 Å². The van der Waals surface area contributed by atoms with E-state index in [0.29, 0.717) is 29.5 Å². The summed E-state index contributed by atoms with van der Waals surface area (Å²) in [5.74, 6) is -0.0187. The Hall–Kier alpha value is -2.01. The monoisotopic (exact) mass is 260 g/mol. The predicted octanol–water partition coefficient (Wildman–Crippen LogP) is 1.68. The zero-order chi connectivity index (χ0) is 12.5. The van der Waals surface area contributed by atoms with Crippen LogP contribution in [0.15, 0.2) is 30.5 Å². The molecule has 2 aromatic heterocycles. The Morgan fingerprint density at radius 2 is 2.17 bits per heavy atom. The van der Waals surface area contributed by atoms with Crippen LogP contribution >= 0.6 is 11.6 Å². The lowest BCUT2D eigenvalue weighted by atomic mass is 10.2. The molecule has 6 heteroatoms. The normalized spacial score (nSPS) is 13.8. The molecule has 0 aromatic carbocycles. The molecular formula is C12H9ClN4O. The van der Waals surface area contributed by atoms with Crippen LogP contribution in [0.1, 0.15) is 21.7 Å². The molecule has 1 aliphatic heterocycles. The van der Waals surface area contributed by atoms with Gasteiger partial charge in [-0.15, -0.1) is 5.10 Å². The number of aromatic nitrogens is 3. The maximum absolute atomic E-state index is 12.1. The molecule has 1 amide bonds. The third-order valence-corrected chi connectivity index (χ3v) is 2.99. The Kier molecular flexibility index (Phi) is 2.68. The van der Waals surface area contributed by atoms with Crippen molar-refractivity contribution in [1.29, 1.82) is 0 Å². The summed E-state index contributed by atoms with van der Waals surface area (Å²) in [7, 11) is 0. The van der Waals surface area contributed by atoms with E-state index in [1.165, 1.54) is 0 Å². The number of amides is 1. The number of fused-ring (bicyclic) bond motifs is 1. The molecule has 0 radical (unpaired) electrons. The summed E-state index contributed by atoms with van der Waals surface area (Å²) in [6, 6.07) is 6.98. The zero-order valence-corrected chi connectivity index (χ0v) is 10.1. The number of nitrogens with zero attached hydrogens (tertiary/aromatic N) is 4. The van der Waals surface area contributed by atoms with Crippen LogP contribution in [0.2, 0.25) is 5.15 Å². The third kappa shape index (κ3) is 1.93. The largest absolute Gasteiger partial charge is 0.327 e. The van der Waals surface area contributed by atoms with Gasteiger partial charge in [0.2, 0.25) is 0 Å². The van der Waals surface area contributed by atoms with Crippen molar-refractivity contribution in [3.8, 4) is 0 Å². The van der Waals surface area contributed by atoms with Crippen LogP contribution < -0.4 is 0 Å². The number of hydrogen-bond acceptors (Lipinski definition) is 4. The van der Waals surface area contributed by atoms with E-state index in [-0.39, 0.29) is 5.91 Å². The Morgan fingerprint density at radius 1 is 1.28 bits per heavy atom. The van der Waals surface area contributed by atoms with Gasteiger partial charge in [0.1, 0.15) is 0 Å². The van der Waals surface area contributed by atoms with E-state index in [9.17, 15) is 4.79 Å². The first-order valence-electron chi connectivity index (χ1n) is 5.45. The molecule has 90 valence electrons. The van der Waals surface area contributed by atoms with Gasteiger partial charge >= 0.3 is 0 Å². The Balaban J connectivity index is 1.81. The van der Waals surface area contributed by atoms with Gasteiger partial charge in [-0.2, -0.15) is 5.10 Å². The van der Waals surface area contributed by atoms with Crippen LogP contribution in [0.5, 0.6) is 0 Å². The fourth-order valence-corrected chi connectivity index (χ4v) is 2.03. The minimum atomic E-state index is -0.0187. The van der Waals surface area contributed by atoms with E-state index in [2.05, 4.69) is 15.2 Å². The third-order valence-electron chi connectivity index (χ3n) is 2.79. The number of hydrogen-bond donors (Lipinski definition) is 0. The van der Waals surface area contributed by atoms with Gasteiger partial charge in [-0.05, 0) is 24.3 Å². The van der Waals surface area contributed by atoms with Crippen LogP contribution in [0.3, 0.4) is 0 Å². The number of halogens is 1. The molecule has 0 unspecified atom stereocenters. The van der Waals surface area contributed by atoms with E-state index in [0.717, 1.165) is 5.69 Å². The molecule has 0 aliphatic carbocycles. The molecule has 1 aliphatic rings. The summed E-state index contributed by atoms with van der Waals surface area (Å²) in [4.78, 5) is 18.0. The van der Waals surface area contributed by atoms with Crippen molar-refractivity contribution in [2.24, 2.45) is 0 Å². The van der Waals surface area contributed by atoms with Crippen molar-refractivity contribution in [1.82, 2.24) is 20.1 Å². The van der Waals surface area contributed by atoms with Gasteiger partial charge in [0.15, 0.2) is 5.15 Å². The van der Waals surface area contributed by atoms with Gasteiger partial charge in [0, 0.05) is 6.20 Å². The molecular weight excluding hydrogens is 252 g/mol. The van der Waals surface area contributed by atoms with Crippen LogP contribution in [0.4, 0.5) is 0 Å². The zero-order valence-electron chi connectivity index (χ0n) is 9.38. The Bertz CT molecular complexity index is 599. The van der Waals surface area contributed by atoms with Crippen LogP contribution in [0.25, 0.3) is 0 Å². The number of carbonyl (C=O) groups is 1. The summed E-state index contributed by atoms with van der Waals surface area (Å²) >= 11 is 5.67. The summed E-state index contributed by atoms with van der Waals surface area (Å²) < 4.78 is 0. The minimum Gasteiger partial charge on any atom is -0.327 e. The molecule has 3 heterocycles. The molecule has 0 fully saturated rings. The molecule has 3 rings (SSSR count). The van der Waals surface area contributed by atoms with Gasteiger partial charge < -0.3 is 4.90 Å². The lowest BCUT2D eigenvalue weighted by Crippen LogP contribution is -2.23.